The average Bonchev–Trinajstić information content (AvgIpc) is 2.69. The van der Waals surface area contributed by atoms with Crippen LogP contribution in [0.1, 0.15) is 15.9 Å². The van der Waals surface area contributed by atoms with Crippen molar-refractivity contribution in [2.45, 2.75) is 6.92 Å². The fourth-order valence-electron chi connectivity index (χ4n) is 3.04. The zero-order chi connectivity index (χ0) is 18.4. The standard InChI is InChI=1S/C21H26N2O3/c1-17-6-8-19(9-7-17)26-15-14-22-10-12-23(13-11-22)21(24)18-4-3-5-20(16-18)25-2/h3-9,16H,10-15H2,1-2H3. The Morgan fingerprint density at radius 2 is 1.73 bits per heavy atom. The second-order valence-electron chi connectivity index (χ2n) is 6.53. The minimum Gasteiger partial charge on any atom is -0.497 e. The Hall–Kier alpha value is -2.53. The molecule has 2 aromatic carbocycles. The lowest BCUT2D eigenvalue weighted by atomic mass is 10.1. The maximum absolute atomic E-state index is 12.6. The highest BCUT2D eigenvalue weighted by atomic mass is 16.5. The van der Waals surface area contributed by atoms with Crippen LogP contribution in [0.4, 0.5) is 0 Å². The largest absolute Gasteiger partial charge is 0.497 e. The summed E-state index contributed by atoms with van der Waals surface area (Å²) in [7, 11) is 1.61. The topological polar surface area (TPSA) is 42.0 Å². The van der Waals surface area contributed by atoms with Gasteiger partial charge in [-0.15, -0.1) is 0 Å². The molecular formula is C21H26N2O3. The lowest BCUT2D eigenvalue weighted by molar-refractivity contribution is 0.0620. The van der Waals surface area contributed by atoms with Crippen molar-refractivity contribution in [3.63, 3.8) is 0 Å². The van der Waals surface area contributed by atoms with E-state index in [0.29, 0.717) is 17.9 Å². The molecule has 2 aromatic rings. The number of aryl methyl sites for hydroxylation is 1. The van der Waals surface area contributed by atoms with Crippen molar-refractivity contribution in [3.05, 3.63) is 59.7 Å². The molecule has 0 aromatic heterocycles. The van der Waals surface area contributed by atoms with E-state index >= 15 is 0 Å². The van der Waals surface area contributed by atoms with Crippen LogP contribution >= 0.6 is 0 Å². The third-order valence-electron chi connectivity index (χ3n) is 4.67. The summed E-state index contributed by atoms with van der Waals surface area (Å²) in [5.74, 6) is 1.68. The van der Waals surface area contributed by atoms with Crippen LogP contribution in [0, 0.1) is 6.92 Å². The monoisotopic (exact) mass is 354 g/mol. The van der Waals surface area contributed by atoms with Gasteiger partial charge in [-0.3, -0.25) is 9.69 Å². The number of rotatable bonds is 6. The Morgan fingerprint density at radius 1 is 1.00 bits per heavy atom. The van der Waals surface area contributed by atoms with Gasteiger partial charge in [-0.05, 0) is 37.3 Å². The Balaban J connectivity index is 1.43. The molecule has 0 saturated carbocycles. The number of hydrogen-bond acceptors (Lipinski definition) is 4. The van der Waals surface area contributed by atoms with Gasteiger partial charge < -0.3 is 14.4 Å². The Kier molecular flexibility index (Phi) is 6.12. The molecular weight excluding hydrogens is 328 g/mol. The van der Waals surface area contributed by atoms with Gasteiger partial charge in [0.05, 0.1) is 7.11 Å². The SMILES string of the molecule is COc1cccc(C(=O)N2CCN(CCOc3ccc(C)cc3)CC2)c1. The molecule has 1 fully saturated rings. The van der Waals surface area contributed by atoms with Crippen molar-refractivity contribution >= 4 is 5.91 Å². The third kappa shape index (κ3) is 4.76. The van der Waals surface area contributed by atoms with Crippen molar-refractivity contribution in [3.8, 4) is 11.5 Å². The molecule has 1 heterocycles. The normalized spacial score (nSPS) is 14.9. The number of ether oxygens (including phenoxy) is 2. The van der Waals surface area contributed by atoms with E-state index < -0.39 is 0 Å². The van der Waals surface area contributed by atoms with E-state index in [0.717, 1.165) is 38.5 Å². The number of benzene rings is 2. The van der Waals surface area contributed by atoms with E-state index in [2.05, 4.69) is 24.0 Å². The van der Waals surface area contributed by atoms with Gasteiger partial charge in [0, 0.05) is 38.3 Å². The molecule has 1 saturated heterocycles. The number of methoxy groups -OCH3 is 1. The summed E-state index contributed by atoms with van der Waals surface area (Å²) in [4.78, 5) is 16.9. The highest BCUT2D eigenvalue weighted by Gasteiger charge is 2.22. The molecule has 1 amide bonds. The second kappa shape index (κ2) is 8.72. The summed E-state index contributed by atoms with van der Waals surface area (Å²) in [6.45, 7) is 6.80. The van der Waals surface area contributed by atoms with Crippen LogP contribution in [0.15, 0.2) is 48.5 Å². The van der Waals surface area contributed by atoms with Gasteiger partial charge in [-0.2, -0.15) is 0 Å². The molecule has 26 heavy (non-hydrogen) atoms. The summed E-state index contributed by atoms with van der Waals surface area (Å²) in [5.41, 5.74) is 1.91. The number of carbonyl (C=O) groups is 1. The molecule has 0 N–H and O–H groups in total. The first-order valence-electron chi connectivity index (χ1n) is 9.01. The molecule has 1 aliphatic rings. The zero-order valence-electron chi connectivity index (χ0n) is 15.5. The van der Waals surface area contributed by atoms with Gasteiger partial charge in [-0.1, -0.05) is 23.8 Å². The molecule has 0 atom stereocenters. The van der Waals surface area contributed by atoms with Gasteiger partial charge in [0.1, 0.15) is 18.1 Å². The Bertz CT molecular complexity index is 722. The van der Waals surface area contributed by atoms with Crippen molar-refractivity contribution < 1.29 is 14.3 Å². The van der Waals surface area contributed by atoms with Crippen LogP contribution in [-0.4, -0.2) is 62.1 Å². The van der Waals surface area contributed by atoms with Gasteiger partial charge in [0.2, 0.25) is 0 Å². The number of nitrogens with zero attached hydrogens (tertiary/aromatic N) is 2. The van der Waals surface area contributed by atoms with Crippen molar-refractivity contribution in [1.82, 2.24) is 9.80 Å². The average molecular weight is 354 g/mol. The van der Waals surface area contributed by atoms with E-state index in [-0.39, 0.29) is 5.91 Å². The highest BCUT2D eigenvalue weighted by Crippen LogP contribution is 2.16. The predicted molar refractivity (Wildman–Crippen MR) is 102 cm³/mol. The van der Waals surface area contributed by atoms with E-state index in [1.165, 1.54) is 5.56 Å². The fourth-order valence-corrected chi connectivity index (χ4v) is 3.04. The second-order valence-corrected chi connectivity index (χ2v) is 6.53. The van der Waals surface area contributed by atoms with Gasteiger partial charge in [0.25, 0.3) is 5.91 Å². The molecule has 0 radical (unpaired) electrons. The maximum Gasteiger partial charge on any atom is 0.254 e. The molecule has 5 heteroatoms. The van der Waals surface area contributed by atoms with Crippen molar-refractivity contribution in [2.24, 2.45) is 0 Å². The van der Waals surface area contributed by atoms with Crippen LogP contribution in [0.2, 0.25) is 0 Å². The number of piperazine rings is 1. The van der Waals surface area contributed by atoms with Crippen LogP contribution < -0.4 is 9.47 Å². The van der Waals surface area contributed by atoms with E-state index in [4.69, 9.17) is 9.47 Å². The Labute approximate surface area is 155 Å². The molecule has 3 rings (SSSR count). The van der Waals surface area contributed by atoms with Crippen LogP contribution in [0.25, 0.3) is 0 Å². The quantitative estimate of drug-likeness (QED) is 0.800. The summed E-state index contributed by atoms with van der Waals surface area (Å²) in [6.07, 6.45) is 0. The van der Waals surface area contributed by atoms with Gasteiger partial charge >= 0.3 is 0 Å². The van der Waals surface area contributed by atoms with Gasteiger partial charge in [0.15, 0.2) is 0 Å². The molecule has 0 aliphatic carbocycles. The van der Waals surface area contributed by atoms with Crippen LogP contribution in [-0.2, 0) is 0 Å². The molecule has 0 spiro atoms. The van der Waals surface area contributed by atoms with Crippen LogP contribution in [0.3, 0.4) is 0 Å². The molecule has 0 bridgehead atoms. The third-order valence-corrected chi connectivity index (χ3v) is 4.67. The van der Waals surface area contributed by atoms with Gasteiger partial charge in [-0.25, -0.2) is 0 Å². The smallest absolute Gasteiger partial charge is 0.254 e. The number of amides is 1. The van der Waals surface area contributed by atoms with E-state index in [9.17, 15) is 4.79 Å². The first-order valence-corrected chi connectivity index (χ1v) is 9.01. The van der Waals surface area contributed by atoms with Crippen molar-refractivity contribution in [1.29, 1.82) is 0 Å². The number of hydrogen-bond donors (Lipinski definition) is 0. The van der Waals surface area contributed by atoms with Crippen molar-refractivity contribution in [2.75, 3.05) is 46.4 Å². The minimum absolute atomic E-state index is 0.0689. The first-order chi connectivity index (χ1) is 12.7. The maximum atomic E-state index is 12.6. The summed E-state index contributed by atoms with van der Waals surface area (Å²) >= 11 is 0. The summed E-state index contributed by atoms with van der Waals surface area (Å²) in [5, 5.41) is 0. The van der Waals surface area contributed by atoms with E-state index in [1.54, 1.807) is 13.2 Å². The minimum atomic E-state index is 0.0689. The predicted octanol–water partition coefficient (Wildman–Crippen LogP) is 2.84. The van der Waals surface area contributed by atoms with Crippen LogP contribution in [0.5, 0.6) is 11.5 Å². The zero-order valence-corrected chi connectivity index (χ0v) is 15.5. The van der Waals surface area contributed by atoms with E-state index in [1.807, 2.05) is 35.2 Å². The molecule has 0 unspecified atom stereocenters. The lowest BCUT2D eigenvalue weighted by Gasteiger charge is -2.34. The highest BCUT2D eigenvalue weighted by molar-refractivity contribution is 5.94. The fraction of sp³-hybridized carbons (Fsp3) is 0.381. The summed E-state index contributed by atoms with van der Waals surface area (Å²) in [6, 6.07) is 15.4. The lowest BCUT2D eigenvalue weighted by Crippen LogP contribution is -2.49. The molecule has 1 aliphatic heterocycles. The number of carbonyl (C=O) groups excluding carboxylic acids is 1. The Morgan fingerprint density at radius 3 is 2.42 bits per heavy atom. The summed E-state index contributed by atoms with van der Waals surface area (Å²) < 4.78 is 11.0. The molecule has 138 valence electrons. The first kappa shape index (κ1) is 18.3. The molecule has 5 nitrogen and oxygen atoms in total.